The lowest BCUT2D eigenvalue weighted by molar-refractivity contribution is -0.127. The predicted molar refractivity (Wildman–Crippen MR) is 76.3 cm³/mol. The van der Waals surface area contributed by atoms with Crippen molar-refractivity contribution in [1.82, 2.24) is 10.8 Å². The number of hydrogen-bond donors (Lipinski definition) is 2. The molecule has 0 saturated carbocycles. The molecule has 0 fully saturated rings. The topological polar surface area (TPSA) is 50.4 Å². The van der Waals surface area contributed by atoms with Crippen LogP contribution in [0.4, 0.5) is 0 Å². The lowest BCUT2D eigenvalue weighted by Crippen LogP contribution is -2.42. The predicted octanol–water partition coefficient (Wildman–Crippen LogP) is 2.26. The summed E-state index contributed by atoms with van der Waals surface area (Å²) in [6.07, 6.45) is 0.989. The van der Waals surface area contributed by atoms with Gasteiger partial charge in [0.1, 0.15) is 6.04 Å². The summed E-state index contributed by atoms with van der Waals surface area (Å²) < 4.78 is 0. The molecule has 0 spiro atoms. The van der Waals surface area contributed by atoms with Gasteiger partial charge in [-0.15, -0.1) is 0 Å². The maximum absolute atomic E-state index is 11.7. The number of hydrogen-bond acceptors (Lipinski definition) is 3. The van der Waals surface area contributed by atoms with E-state index in [1.807, 2.05) is 30.3 Å². The lowest BCUT2D eigenvalue weighted by atomic mass is 10.1. The molecular formula is C15H24N2O2. The summed E-state index contributed by atoms with van der Waals surface area (Å²) in [4.78, 5) is 17.0. The molecule has 0 heterocycles. The van der Waals surface area contributed by atoms with Crippen LogP contribution >= 0.6 is 0 Å². The van der Waals surface area contributed by atoms with Crippen molar-refractivity contribution in [3.8, 4) is 0 Å². The van der Waals surface area contributed by atoms with Crippen LogP contribution in [-0.2, 0) is 16.2 Å². The van der Waals surface area contributed by atoms with Gasteiger partial charge >= 0.3 is 0 Å². The summed E-state index contributed by atoms with van der Waals surface area (Å²) in [5, 5.41) is 2.88. The van der Waals surface area contributed by atoms with Gasteiger partial charge in [-0.25, -0.2) is 0 Å². The van der Waals surface area contributed by atoms with E-state index in [0.29, 0.717) is 19.1 Å². The van der Waals surface area contributed by atoms with E-state index in [9.17, 15) is 4.79 Å². The molecule has 4 nitrogen and oxygen atoms in total. The highest BCUT2D eigenvalue weighted by Crippen LogP contribution is 2.00. The molecule has 1 aromatic carbocycles. The van der Waals surface area contributed by atoms with Crippen molar-refractivity contribution in [2.24, 2.45) is 5.92 Å². The maximum atomic E-state index is 11.7. The first-order valence-corrected chi connectivity index (χ1v) is 6.78. The second-order valence-electron chi connectivity index (χ2n) is 5.09. The molecule has 0 aliphatic carbocycles. The van der Waals surface area contributed by atoms with Crippen LogP contribution in [0.5, 0.6) is 0 Å². The lowest BCUT2D eigenvalue weighted by Gasteiger charge is -2.14. The standard InChI is InChI=1S/C15H24N2O2/c1-12(2)9-10-16-15(18)13(3)17-19-11-14-7-5-4-6-8-14/h4-8,12-13,17H,9-11H2,1-3H3,(H,16,18). The Morgan fingerprint density at radius 3 is 2.53 bits per heavy atom. The largest absolute Gasteiger partial charge is 0.355 e. The van der Waals surface area contributed by atoms with Gasteiger partial charge in [0.2, 0.25) is 5.91 Å². The van der Waals surface area contributed by atoms with Gasteiger partial charge in [-0.05, 0) is 24.8 Å². The Kier molecular flexibility index (Phi) is 7.15. The van der Waals surface area contributed by atoms with Gasteiger partial charge in [0, 0.05) is 6.54 Å². The molecule has 0 radical (unpaired) electrons. The summed E-state index contributed by atoms with van der Waals surface area (Å²) in [5.41, 5.74) is 3.83. The van der Waals surface area contributed by atoms with Gasteiger partial charge in [0.15, 0.2) is 0 Å². The van der Waals surface area contributed by atoms with Gasteiger partial charge in [-0.1, -0.05) is 44.2 Å². The molecule has 0 bridgehead atoms. The third-order valence-corrected chi connectivity index (χ3v) is 2.76. The number of nitrogens with one attached hydrogen (secondary N) is 2. The quantitative estimate of drug-likeness (QED) is 0.708. The first-order chi connectivity index (χ1) is 9.09. The molecule has 1 aromatic rings. The summed E-state index contributed by atoms with van der Waals surface area (Å²) in [6, 6.07) is 9.49. The fraction of sp³-hybridized carbons (Fsp3) is 0.533. The van der Waals surface area contributed by atoms with E-state index in [1.54, 1.807) is 6.92 Å². The molecule has 0 saturated heterocycles. The minimum absolute atomic E-state index is 0.0336. The molecule has 1 rings (SSSR count). The van der Waals surface area contributed by atoms with Crippen molar-refractivity contribution >= 4 is 5.91 Å². The van der Waals surface area contributed by atoms with Gasteiger partial charge < -0.3 is 5.32 Å². The Morgan fingerprint density at radius 2 is 1.89 bits per heavy atom. The third-order valence-electron chi connectivity index (χ3n) is 2.76. The molecule has 0 aromatic heterocycles. The van der Waals surface area contributed by atoms with E-state index in [2.05, 4.69) is 24.6 Å². The molecule has 0 aliphatic heterocycles. The minimum Gasteiger partial charge on any atom is -0.355 e. The molecule has 0 aliphatic rings. The van der Waals surface area contributed by atoms with Crippen LogP contribution in [0.15, 0.2) is 30.3 Å². The highest BCUT2D eigenvalue weighted by Gasteiger charge is 2.11. The highest BCUT2D eigenvalue weighted by atomic mass is 16.6. The van der Waals surface area contributed by atoms with Crippen molar-refractivity contribution in [2.45, 2.75) is 39.8 Å². The number of carbonyl (C=O) groups is 1. The van der Waals surface area contributed by atoms with Crippen molar-refractivity contribution in [3.05, 3.63) is 35.9 Å². The molecule has 1 atom stereocenters. The molecule has 2 N–H and O–H groups in total. The Labute approximate surface area is 115 Å². The van der Waals surface area contributed by atoms with Crippen molar-refractivity contribution in [2.75, 3.05) is 6.54 Å². The smallest absolute Gasteiger partial charge is 0.239 e. The molecule has 19 heavy (non-hydrogen) atoms. The van der Waals surface area contributed by atoms with Gasteiger partial charge in [0.05, 0.1) is 6.61 Å². The van der Waals surface area contributed by atoms with Crippen molar-refractivity contribution in [1.29, 1.82) is 0 Å². The normalized spacial score (nSPS) is 12.4. The van der Waals surface area contributed by atoms with E-state index >= 15 is 0 Å². The van der Waals surface area contributed by atoms with Crippen LogP contribution in [0.25, 0.3) is 0 Å². The molecule has 4 heteroatoms. The zero-order valence-corrected chi connectivity index (χ0v) is 12.0. The minimum atomic E-state index is -0.351. The fourth-order valence-electron chi connectivity index (χ4n) is 1.51. The molecular weight excluding hydrogens is 240 g/mol. The average Bonchev–Trinajstić information content (AvgIpc) is 2.39. The summed E-state index contributed by atoms with van der Waals surface area (Å²) in [7, 11) is 0. The number of amides is 1. The molecule has 106 valence electrons. The number of rotatable bonds is 8. The van der Waals surface area contributed by atoms with Crippen molar-refractivity contribution in [3.63, 3.8) is 0 Å². The van der Waals surface area contributed by atoms with E-state index in [0.717, 1.165) is 12.0 Å². The summed E-state index contributed by atoms with van der Waals surface area (Å²) in [6.45, 7) is 7.22. The molecule has 1 amide bonds. The average molecular weight is 264 g/mol. The van der Waals surface area contributed by atoms with Crippen LogP contribution in [0.1, 0.15) is 32.8 Å². The molecule has 1 unspecified atom stereocenters. The summed E-state index contributed by atoms with van der Waals surface area (Å²) in [5.74, 6) is 0.562. The van der Waals surface area contributed by atoms with Crippen LogP contribution in [0.2, 0.25) is 0 Å². The highest BCUT2D eigenvalue weighted by molar-refractivity contribution is 5.81. The first-order valence-electron chi connectivity index (χ1n) is 6.78. The number of hydroxylamine groups is 1. The second-order valence-corrected chi connectivity index (χ2v) is 5.09. The maximum Gasteiger partial charge on any atom is 0.239 e. The van der Waals surface area contributed by atoms with Crippen LogP contribution in [-0.4, -0.2) is 18.5 Å². The zero-order valence-electron chi connectivity index (χ0n) is 12.0. The number of carbonyl (C=O) groups excluding carboxylic acids is 1. The van der Waals surface area contributed by atoms with Crippen molar-refractivity contribution < 1.29 is 9.63 Å². The van der Waals surface area contributed by atoms with Gasteiger partial charge in [-0.2, -0.15) is 5.48 Å². The number of benzene rings is 1. The van der Waals surface area contributed by atoms with Crippen LogP contribution in [0.3, 0.4) is 0 Å². The Balaban J connectivity index is 2.16. The first kappa shape index (κ1) is 15.7. The van der Waals surface area contributed by atoms with Crippen LogP contribution < -0.4 is 10.8 Å². The van der Waals surface area contributed by atoms with E-state index in [-0.39, 0.29) is 11.9 Å². The summed E-state index contributed by atoms with van der Waals surface area (Å²) >= 11 is 0. The Morgan fingerprint density at radius 1 is 1.21 bits per heavy atom. The SMILES string of the molecule is CC(C)CCNC(=O)C(C)NOCc1ccccc1. The Hall–Kier alpha value is -1.39. The zero-order chi connectivity index (χ0) is 14.1. The van der Waals surface area contributed by atoms with E-state index < -0.39 is 0 Å². The van der Waals surface area contributed by atoms with Gasteiger partial charge in [0.25, 0.3) is 0 Å². The van der Waals surface area contributed by atoms with E-state index in [4.69, 9.17) is 4.84 Å². The fourth-order valence-corrected chi connectivity index (χ4v) is 1.51. The second kappa shape index (κ2) is 8.67. The van der Waals surface area contributed by atoms with Crippen LogP contribution in [0, 0.1) is 5.92 Å². The third kappa shape index (κ3) is 6.94. The Bertz CT molecular complexity index is 366. The van der Waals surface area contributed by atoms with E-state index in [1.165, 1.54) is 0 Å². The van der Waals surface area contributed by atoms with Gasteiger partial charge in [-0.3, -0.25) is 9.63 Å². The monoisotopic (exact) mass is 264 g/mol.